The van der Waals surface area contributed by atoms with E-state index < -0.39 is 0 Å². The summed E-state index contributed by atoms with van der Waals surface area (Å²) in [7, 11) is 1.71. The SMILES string of the molecule is COC1OCC2C(O)C3CCCCC3CC12. The molecule has 0 radical (unpaired) electrons. The highest BCUT2D eigenvalue weighted by Gasteiger charge is 2.50. The molecule has 3 fully saturated rings. The number of hydrogen-bond acceptors (Lipinski definition) is 3. The first-order chi connectivity index (χ1) is 7.81. The molecule has 1 heterocycles. The van der Waals surface area contributed by atoms with E-state index in [1.807, 2.05) is 0 Å². The first-order valence-corrected chi connectivity index (χ1v) is 6.63. The molecule has 0 aromatic heterocycles. The third-order valence-electron chi connectivity index (χ3n) is 5.00. The van der Waals surface area contributed by atoms with E-state index in [4.69, 9.17) is 9.47 Å². The Kier molecular flexibility index (Phi) is 2.94. The number of hydrogen-bond donors (Lipinski definition) is 1. The van der Waals surface area contributed by atoms with Gasteiger partial charge in [-0.3, -0.25) is 0 Å². The summed E-state index contributed by atoms with van der Waals surface area (Å²) in [4.78, 5) is 0. The smallest absolute Gasteiger partial charge is 0.160 e. The van der Waals surface area contributed by atoms with Crippen LogP contribution in [-0.2, 0) is 9.47 Å². The van der Waals surface area contributed by atoms with Crippen molar-refractivity contribution in [2.45, 2.75) is 44.5 Å². The van der Waals surface area contributed by atoms with Gasteiger partial charge >= 0.3 is 0 Å². The van der Waals surface area contributed by atoms with Crippen molar-refractivity contribution in [3.63, 3.8) is 0 Å². The van der Waals surface area contributed by atoms with Gasteiger partial charge in [-0.1, -0.05) is 19.3 Å². The van der Waals surface area contributed by atoms with Gasteiger partial charge in [-0.2, -0.15) is 0 Å². The normalized spacial score (nSPS) is 52.1. The molecule has 6 atom stereocenters. The first-order valence-electron chi connectivity index (χ1n) is 6.63. The van der Waals surface area contributed by atoms with E-state index in [-0.39, 0.29) is 12.4 Å². The predicted octanol–water partition coefficient (Wildman–Crippen LogP) is 1.79. The van der Waals surface area contributed by atoms with Crippen LogP contribution in [0.5, 0.6) is 0 Å². The Balaban J connectivity index is 1.78. The third kappa shape index (κ3) is 1.60. The standard InChI is InChI=1S/C13H22O3/c1-15-13-10-6-8-4-2-3-5-9(8)12(14)11(10)7-16-13/h8-14H,2-7H2,1H3. The number of aliphatic hydroxyl groups excluding tert-OH is 1. The minimum absolute atomic E-state index is 0.0671. The highest BCUT2D eigenvalue weighted by atomic mass is 16.7. The van der Waals surface area contributed by atoms with E-state index in [1.54, 1.807) is 7.11 Å². The van der Waals surface area contributed by atoms with Gasteiger partial charge in [0.15, 0.2) is 6.29 Å². The number of methoxy groups -OCH3 is 1. The molecule has 92 valence electrons. The molecular formula is C13H22O3. The molecule has 0 bridgehead atoms. The summed E-state index contributed by atoms with van der Waals surface area (Å²) in [5.41, 5.74) is 0. The Labute approximate surface area is 97.1 Å². The second-order valence-electron chi connectivity index (χ2n) is 5.70. The minimum Gasteiger partial charge on any atom is -0.392 e. The summed E-state index contributed by atoms with van der Waals surface area (Å²) >= 11 is 0. The highest BCUT2D eigenvalue weighted by molar-refractivity contribution is 4.97. The van der Waals surface area contributed by atoms with Gasteiger partial charge in [-0.05, 0) is 24.7 Å². The Morgan fingerprint density at radius 1 is 1.12 bits per heavy atom. The lowest BCUT2D eigenvalue weighted by atomic mass is 9.62. The van der Waals surface area contributed by atoms with Gasteiger partial charge in [0, 0.05) is 18.9 Å². The molecule has 0 spiro atoms. The Morgan fingerprint density at radius 2 is 1.94 bits per heavy atom. The molecule has 0 aromatic carbocycles. The van der Waals surface area contributed by atoms with Crippen LogP contribution in [0.25, 0.3) is 0 Å². The molecular weight excluding hydrogens is 204 g/mol. The Hall–Kier alpha value is -0.120. The number of aliphatic hydroxyl groups is 1. The zero-order valence-electron chi connectivity index (χ0n) is 9.97. The predicted molar refractivity (Wildman–Crippen MR) is 59.8 cm³/mol. The summed E-state index contributed by atoms with van der Waals surface area (Å²) < 4.78 is 11.0. The van der Waals surface area contributed by atoms with Crippen LogP contribution in [0, 0.1) is 23.7 Å². The van der Waals surface area contributed by atoms with Crippen molar-refractivity contribution in [1.29, 1.82) is 0 Å². The average molecular weight is 226 g/mol. The van der Waals surface area contributed by atoms with Crippen LogP contribution in [0.4, 0.5) is 0 Å². The average Bonchev–Trinajstić information content (AvgIpc) is 2.72. The first kappa shape index (κ1) is 11.0. The van der Waals surface area contributed by atoms with Gasteiger partial charge in [0.25, 0.3) is 0 Å². The lowest BCUT2D eigenvalue weighted by molar-refractivity contribution is -0.124. The molecule has 1 saturated heterocycles. The number of fused-ring (bicyclic) bond motifs is 2. The molecule has 6 unspecified atom stereocenters. The molecule has 1 aliphatic heterocycles. The molecule has 3 aliphatic rings. The van der Waals surface area contributed by atoms with Gasteiger partial charge in [-0.15, -0.1) is 0 Å². The van der Waals surface area contributed by atoms with Crippen molar-refractivity contribution in [3.8, 4) is 0 Å². The lowest BCUT2D eigenvalue weighted by Crippen LogP contribution is -2.46. The molecule has 16 heavy (non-hydrogen) atoms. The van der Waals surface area contributed by atoms with Crippen LogP contribution >= 0.6 is 0 Å². The maximum atomic E-state index is 10.5. The fourth-order valence-electron chi connectivity index (χ4n) is 4.18. The highest BCUT2D eigenvalue weighted by Crippen LogP contribution is 2.49. The largest absolute Gasteiger partial charge is 0.392 e. The van der Waals surface area contributed by atoms with Crippen molar-refractivity contribution >= 4 is 0 Å². The molecule has 1 N–H and O–H groups in total. The second kappa shape index (κ2) is 4.28. The van der Waals surface area contributed by atoms with Gasteiger partial charge in [0.1, 0.15) is 0 Å². The zero-order chi connectivity index (χ0) is 11.1. The monoisotopic (exact) mass is 226 g/mol. The maximum absolute atomic E-state index is 10.5. The van der Waals surface area contributed by atoms with Crippen LogP contribution in [0.1, 0.15) is 32.1 Å². The van der Waals surface area contributed by atoms with Crippen molar-refractivity contribution in [1.82, 2.24) is 0 Å². The van der Waals surface area contributed by atoms with E-state index in [0.717, 1.165) is 0 Å². The summed E-state index contributed by atoms with van der Waals surface area (Å²) in [5, 5.41) is 10.5. The zero-order valence-corrected chi connectivity index (χ0v) is 9.97. The molecule has 2 saturated carbocycles. The van der Waals surface area contributed by atoms with Gasteiger partial charge in [0.2, 0.25) is 0 Å². The van der Waals surface area contributed by atoms with E-state index in [2.05, 4.69) is 0 Å². The van der Waals surface area contributed by atoms with Crippen LogP contribution in [0.3, 0.4) is 0 Å². The van der Waals surface area contributed by atoms with Crippen molar-refractivity contribution in [2.75, 3.05) is 13.7 Å². The van der Waals surface area contributed by atoms with E-state index in [9.17, 15) is 5.11 Å². The molecule has 0 aromatic rings. The fraction of sp³-hybridized carbons (Fsp3) is 1.00. The van der Waals surface area contributed by atoms with Crippen LogP contribution < -0.4 is 0 Å². The topological polar surface area (TPSA) is 38.7 Å². The van der Waals surface area contributed by atoms with E-state index in [0.29, 0.717) is 30.3 Å². The van der Waals surface area contributed by atoms with Crippen LogP contribution in [0.2, 0.25) is 0 Å². The summed E-state index contributed by atoms with van der Waals surface area (Å²) in [5.74, 6) is 2.00. The summed E-state index contributed by atoms with van der Waals surface area (Å²) in [6.07, 6.45) is 6.12. The van der Waals surface area contributed by atoms with Gasteiger partial charge < -0.3 is 14.6 Å². The van der Waals surface area contributed by atoms with Gasteiger partial charge in [-0.25, -0.2) is 0 Å². The second-order valence-corrected chi connectivity index (χ2v) is 5.70. The lowest BCUT2D eigenvalue weighted by Gasteiger charge is -2.45. The quantitative estimate of drug-likeness (QED) is 0.741. The van der Waals surface area contributed by atoms with Gasteiger partial charge in [0.05, 0.1) is 12.7 Å². The summed E-state index contributed by atoms with van der Waals surface area (Å²) in [6, 6.07) is 0. The summed E-state index contributed by atoms with van der Waals surface area (Å²) in [6.45, 7) is 0.688. The number of rotatable bonds is 1. The Morgan fingerprint density at radius 3 is 2.75 bits per heavy atom. The van der Waals surface area contributed by atoms with Crippen LogP contribution in [0.15, 0.2) is 0 Å². The molecule has 2 aliphatic carbocycles. The molecule has 3 rings (SSSR count). The molecule has 3 heteroatoms. The van der Waals surface area contributed by atoms with E-state index in [1.165, 1.54) is 32.1 Å². The number of ether oxygens (including phenoxy) is 2. The minimum atomic E-state index is -0.149. The Bertz CT molecular complexity index is 256. The molecule has 3 nitrogen and oxygen atoms in total. The van der Waals surface area contributed by atoms with Crippen molar-refractivity contribution in [3.05, 3.63) is 0 Å². The van der Waals surface area contributed by atoms with E-state index >= 15 is 0 Å². The third-order valence-corrected chi connectivity index (χ3v) is 5.00. The van der Waals surface area contributed by atoms with Crippen LogP contribution in [-0.4, -0.2) is 31.2 Å². The van der Waals surface area contributed by atoms with Crippen molar-refractivity contribution in [2.24, 2.45) is 23.7 Å². The maximum Gasteiger partial charge on any atom is 0.160 e. The molecule has 0 amide bonds. The fourth-order valence-corrected chi connectivity index (χ4v) is 4.18. The van der Waals surface area contributed by atoms with Crippen molar-refractivity contribution < 1.29 is 14.6 Å².